The van der Waals surface area contributed by atoms with Gasteiger partial charge in [-0.1, -0.05) is 103 Å². The molecular weight excluding hydrogens is 697 g/mol. The maximum Gasteiger partial charge on any atom is 0.187 e. The maximum absolute atomic E-state index is 7.93. The fraction of sp³-hybridized carbons (Fsp3) is 0. The number of hydrogen-bond acceptors (Lipinski definition) is 3. The van der Waals surface area contributed by atoms with Crippen molar-refractivity contribution in [2.45, 2.75) is 0 Å². The van der Waals surface area contributed by atoms with Gasteiger partial charge >= 0.3 is 0 Å². The second kappa shape index (κ2) is 11.1. The summed E-state index contributed by atoms with van der Waals surface area (Å²) in [6, 6.07) is 54.1. The van der Waals surface area contributed by atoms with Crippen molar-refractivity contribution in [1.82, 2.24) is 14.1 Å². The summed E-state index contributed by atoms with van der Waals surface area (Å²) < 4.78 is 9.83. The number of benzene rings is 7. The van der Waals surface area contributed by atoms with Crippen molar-refractivity contribution in [3.63, 3.8) is 0 Å². The lowest BCUT2D eigenvalue weighted by Crippen LogP contribution is -2.03. The Bertz CT molecular complexity index is 3590. The molecular formula is C48H26N4S2. The summed E-state index contributed by atoms with van der Waals surface area (Å²) in [5.41, 5.74) is 8.13. The van der Waals surface area contributed by atoms with E-state index in [-0.39, 0.29) is 0 Å². The quantitative estimate of drug-likeness (QED) is 0.167. The van der Waals surface area contributed by atoms with Gasteiger partial charge in [-0.25, -0.2) is 9.83 Å². The van der Waals surface area contributed by atoms with Gasteiger partial charge in [0, 0.05) is 67.5 Å². The lowest BCUT2D eigenvalue weighted by atomic mass is 10.0. The minimum atomic E-state index is 0.605. The van der Waals surface area contributed by atoms with Crippen LogP contribution in [0.1, 0.15) is 0 Å². The van der Waals surface area contributed by atoms with Gasteiger partial charge in [0.1, 0.15) is 5.82 Å². The molecule has 12 rings (SSSR count). The highest BCUT2D eigenvalue weighted by atomic mass is 32.1. The summed E-state index contributed by atoms with van der Waals surface area (Å²) >= 11 is 3.67. The van der Waals surface area contributed by atoms with Crippen molar-refractivity contribution >= 4 is 112 Å². The van der Waals surface area contributed by atoms with Gasteiger partial charge in [-0.3, -0.25) is 4.57 Å². The SMILES string of the molecule is [C-]#[N+]c1cccc(-c2cc(-n3c4ccccc4c4ccc5sc6ccccc6c5c43)ncc2-n2c3ccccc3c3ccc4sc5ccccc5c4c32)c1. The third-order valence-electron chi connectivity index (χ3n) is 11.0. The normalized spacial score (nSPS) is 12.1. The topological polar surface area (TPSA) is 27.1 Å². The Morgan fingerprint density at radius 3 is 1.67 bits per heavy atom. The standard InChI is InChI=1S/C48H26N4S2/c1-49-29-12-10-11-28(25-29)36-26-44(52-38-18-7-3-14-31(38)33-22-24-43-46(48(33)52)35-16-5-9-20-41(35)54-43)50-27-39(36)51-37-17-6-2-13-30(37)32-21-23-42-45(47(32)51)34-15-4-8-19-40(34)53-42/h2-27H. The third kappa shape index (κ3) is 4.02. The van der Waals surface area contributed by atoms with Crippen molar-refractivity contribution < 1.29 is 0 Å². The van der Waals surface area contributed by atoms with Gasteiger partial charge in [-0.05, 0) is 54.1 Å². The molecule has 0 atom stereocenters. The van der Waals surface area contributed by atoms with Crippen molar-refractivity contribution in [2.24, 2.45) is 0 Å². The van der Waals surface area contributed by atoms with Crippen molar-refractivity contribution in [1.29, 1.82) is 0 Å². The summed E-state index contributed by atoms with van der Waals surface area (Å²) in [5.74, 6) is 0.836. The van der Waals surface area contributed by atoms with E-state index < -0.39 is 0 Å². The number of thiophene rings is 2. The fourth-order valence-corrected chi connectivity index (χ4v) is 10.9. The predicted octanol–water partition coefficient (Wildman–Crippen LogP) is 14.2. The first-order valence-corrected chi connectivity index (χ1v) is 19.5. The molecule has 0 spiro atoms. The Balaban J connectivity index is 1.24. The molecule has 6 heteroatoms. The van der Waals surface area contributed by atoms with Crippen molar-refractivity contribution in [2.75, 3.05) is 0 Å². The van der Waals surface area contributed by atoms with Crippen LogP contribution in [0.4, 0.5) is 5.69 Å². The van der Waals surface area contributed by atoms with E-state index in [1.165, 1.54) is 67.4 Å². The van der Waals surface area contributed by atoms with E-state index in [4.69, 9.17) is 11.6 Å². The number of fused-ring (bicyclic) bond motifs is 14. The molecule has 250 valence electrons. The van der Waals surface area contributed by atoms with Gasteiger partial charge in [0.05, 0.1) is 40.5 Å². The van der Waals surface area contributed by atoms with E-state index in [1.54, 1.807) is 0 Å². The first-order chi connectivity index (χ1) is 26.7. The predicted molar refractivity (Wildman–Crippen MR) is 230 cm³/mol. The van der Waals surface area contributed by atoms with E-state index in [0.29, 0.717) is 5.69 Å². The van der Waals surface area contributed by atoms with Crippen molar-refractivity contribution in [3.8, 4) is 22.6 Å². The van der Waals surface area contributed by atoms with Crippen LogP contribution >= 0.6 is 22.7 Å². The van der Waals surface area contributed by atoms with Crippen LogP contribution in [-0.4, -0.2) is 14.1 Å². The number of aromatic nitrogens is 3. The molecule has 0 unspecified atom stereocenters. The van der Waals surface area contributed by atoms with Crippen LogP contribution in [0.25, 0.3) is 111 Å². The smallest absolute Gasteiger partial charge is 0.187 e. The van der Waals surface area contributed by atoms with E-state index in [2.05, 4.69) is 154 Å². The minimum absolute atomic E-state index is 0.605. The lowest BCUT2D eigenvalue weighted by Gasteiger charge is -2.17. The molecule has 4 nitrogen and oxygen atoms in total. The molecule has 7 aromatic carbocycles. The summed E-state index contributed by atoms with van der Waals surface area (Å²) in [6.07, 6.45) is 2.06. The molecule has 0 saturated carbocycles. The Labute approximate surface area is 316 Å². The largest absolute Gasteiger partial charge is 0.306 e. The number of para-hydroxylation sites is 2. The summed E-state index contributed by atoms with van der Waals surface area (Å²) in [5, 5.41) is 9.82. The van der Waals surface area contributed by atoms with Gasteiger partial charge in [-0.2, -0.15) is 0 Å². The third-order valence-corrected chi connectivity index (χ3v) is 13.2. The first kappa shape index (κ1) is 29.8. The molecule has 0 radical (unpaired) electrons. The molecule has 0 amide bonds. The van der Waals surface area contributed by atoms with Crippen LogP contribution in [-0.2, 0) is 0 Å². The minimum Gasteiger partial charge on any atom is -0.306 e. The first-order valence-electron chi connectivity index (χ1n) is 17.9. The molecule has 5 aromatic heterocycles. The Kier molecular flexibility index (Phi) is 6.12. The van der Waals surface area contributed by atoms with Gasteiger partial charge in [0.25, 0.3) is 0 Å². The maximum atomic E-state index is 7.93. The zero-order valence-electron chi connectivity index (χ0n) is 28.6. The average molecular weight is 723 g/mol. The highest BCUT2D eigenvalue weighted by Crippen LogP contribution is 2.46. The molecule has 0 fully saturated rings. The van der Waals surface area contributed by atoms with Crippen LogP contribution in [0.5, 0.6) is 0 Å². The number of pyridine rings is 1. The molecule has 0 saturated heterocycles. The lowest BCUT2D eigenvalue weighted by molar-refractivity contribution is 1.06. The van der Waals surface area contributed by atoms with Crippen LogP contribution in [0.15, 0.2) is 158 Å². The zero-order valence-corrected chi connectivity index (χ0v) is 30.2. The number of rotatable bonds is 3. The van der Waals surface area contributed by atoms with E-state index in [0.717, 1.165) is 39.2 Å². The molecule has 54 heavy (non-hydrogen) atoms. The highest BCUT2D eigenvalue weighted by molar-refractivity contribution is 7.26. The van der Waals surface area contributed by atoms with Crippen molar-refractivity contribution in [3.05, 3.63) is 169 Å². The average Bonchev–Trinajstić information content (AvgIpc) is 3.98. The Morgan fingerprint density at radius 1 is 0.481 bits per heavy atom. The number of nitrogens with zero attached hydrogens (tertiary/aromatic N) is 4. The fourth-order valence-electron chi connectivity index (χ4n) is 8.73. The zero-order chi connectivity index (χ0) is 35.5. The van der Waals surface area contributed by atoms with E-state index in [9.17, 15) is 0 Å². The van der Waals surface area contributed by atoms with Gasteiger partial charge in [0.2, 0.25) is 0 Å². The molecule has 0 aliphatic rings. The van der Waals surface area contributed by atoms with Crippen LogP contribution in [0.2, 0.25) is 0 Å². The monoisotopic (exact) mass is 722 g/mol. The summed E-state index contributed by atoms with van der Waals surface area (Å²) in [4.78, 5) is 9.26. The van der Waals surface area contributed by atoms with Gasteiger partial charge in [0.15, 0.2) is 5.69 Å². The van der Waals surface area contributed by atoms with Crippen LogP contribution in [0.3, 0.4) is 0 Å². The molecule has 12 aromatic rings. The van der Waals surface area contributed by atoms with Gasteiger partial charge < -0.3 is 4.57 Å². The van der Waals surface area contributed by atoms with Crippen LogP contribution in [0, 0.1) is 6.57 Å². The number of hydrogen-bond donors (Lipinski definition) is 0. The second-order valence-corrected chi connectivity index (χ2v) is 16.0. The molecule has 0 aliphatic carbocycles. The highest BCUT2D eigenvalue weighted by Gasteiger charge is 2.23. The van der Waals surface area contributed by atoms with E-state index in [1.807, 2.05) is 40.9 Å². The molecule has 0 N–H and O–H groups in total. The Morgan fingerprint density at radius 2 is 1.04 bits per heavy atom. The summed E-state index contributed by atoms with van der Waals surface area (Å²) in [7, 11) is 0. The Hall–Kier alpha value is -6.78. The summed E-state index contributed by atoms with van der Waals surface area (Å²) in [6.45, 7) is 7.93. The molecule has 5 heterocycles. The van der Waals surface area contributed by atoms with E-state index >= 15 is 0 Å². The van der Waals surface area contributed by atoms with Crippen LogP contribution < -0.4 is 0 Å². The molecule has 0 aliphatic heterocycles. The molecule has 0 bridgehead atoms. The van der Waals surface area contributed by atoms with Gasteiger partial charge in [-0.15, -0.1) is 22.7 Å². The second-order valence-electron chi connectivity index (χ2n) is 13.8.